The molecule has 1 aromatic rings. The molecule has 2 N–H and O–H groups in total. The van der Waals surface area contributed by atoms with E-state index in [0.717, 1.165) is 43.7 Å². The molecule has 3 rings (SSSR count). The first kappa shape index (κ1) is 20.0. The Labute approximate surface area is 158 Å². The van der Waals surface area contributed by atoms with Crippen molar-refractivity contribution in [3.63, 3.8) is 0 Å². The van der Waals surface area contributed by atoms with E-state index in [9.17, 15) is 13.6 Å². The summed E-state index contributed by atoms with van der Waals surface area (Å²) < 4.78 is 37.8. The van der Waals surface area contributed by atoms with Crippen LogP contribution in [0.1, 0.15) is 50.5 Å². The molecule has 5 nitrogen and oxygen atoms in total. The molecule has 27 heavy (non-hydrogen) atoms. The van der Waals surface area contributed by atoms with Gasteiger partial charge in [0.15, 0.2) is 0 Å². The van der Waals surface area contributed by atoms with E-state index >= 15 is 0 Å². The molecular formula is C20H28F2N2O3. The Balaban J connectivity index is 1.52. The van der Waals surface area contributed by atoms with Crippen LogP contribution in [-0.4, -0.2) is 48.9 Å². The minimum absolute atomic E-state index is 0.0275. The van der Waals surface area contributed by atoms with Crippen molar-refractivity contribution in [2.75, 3.05) is 13.7 Å². The fraction of sp³-hybridized carbons (Fsp3) is 0.650. The smallest absolute Gasteiger partial charge is 0.410 e. The summed E-state index contributed by atoms with van der Waals surface area (Å²) in [7, 11) is 1.37. The van der Waals surface area contributed by atoms with Crippen LogP contribution in [0.2, 0.25) is 0 Å². The summed E-state index contributed by atoms with van der Waals surface area (Å²) in [6.45, 7) is 2.34. The van der Waals surface area contributed by atoms with Gasteiger partial charge in [-0.3, -0.25) is 4.90 Å². The van der Waals surface area contributed by atoms with Gasteiger partial charge in [0, 0.05) is 18.2 Å². The van der Waals surface area contributed by atoms with Crippen LogP contribution in [0, 0.1) is 11.6 Å². The number of ether oxygens (including phenoxy) is 2. The van der Waals surface area contributed by atoms with Crippen molar-refractivity contribution >= 4 is 6.09 Å². The van der Waals surface area contributed by atoms with Crippen molar-refractivity contribution in [2.45, 2.75) is 69.2 Å². The average Bonchev–Trinajstić information content (AvgIpc) is 2.92. The van der Waals surface area contributed by atoms with E-state index < -0.39 is 11.6 Å². The maximum atomic E-state index is 13.4. The van der Waals surface area contributed by atoms with E-state index in [2.05, 4.69) is 0 Å². The van der Waals surface area contributed by atoms with Crippen LogP contribution in [0.5, 0.6) is 0 Å². The number of halogens is 2. The Morgan fingerprint density at radius 1 is 1.19 bits per heavy atom. The largest absolute Gasteiger partial charge is 0.453 e. The second-order valence-electron chi connectivity index (χ2n) is 7.70. The number of carbonyl (C=O) groups excluding carboxylic acids is 1. The lowest BCUT2D eigenvalue weighted by Crippen LogP contribution is -2.47. The first-order valence-corrected chi connectivity index (χ1v) is 9.58. The maximum Gasteiger partial charge on any atom is 0.410 e. The summed E-state index contributed by atoms with van der Waals surface area (Å²) in [5.41, 5.74) is 6.91. The third-order valence-corrected chi connectivity index (χ3v) is 5.86. The first-order chi connectivity index (χ1) is 12.9. The number of methoxy groups -OCH3 is 1. The zero-order valence-corrected chi connectivity index (χ0v) is 15.9. The molecule has 0 aromatic heterocycles. The fourth-order valence-electron chi connectivity index (χ4n) is 4.43. The van der Waals surface area contributed by atoms with Crippen molar-refractivity contribution in [3.05, 3.63) is 35.4 Å². The molecule has 1 saturated carbocycles. The number of benzene rings is 1. The van der Waals surface area contributed by atoms with Gasteiger partial charge in [-0.05, 0) is 62.6 Å². The van der Waals surface area contributed by atoms with Crippen molar-refractivity contribution in [1.82, 2.24) is 4.90 Å². The van der Waals surface area contributed by atoms with E-state index in [0.29, 0.717) is 6.61 Å². The van der Waals surface area contributed by atoms with Crippen LogP contribution in [0.3, 0.4) is 0 Å². The van der Waals surface area contributed by atoms with Gasteiger partial charge in [-0.25, -0.2) is 13.6 Å². The van der Waals surface area contributed by atoms with E-state index in [4.69, 9.17) is 15.2 Å². The average molecular weight is 382 g/mol. The van der Waals surface area contributed by atoms with Crippen LogP contribution in [-0.2, 0) is 9.47 Å². The quantitative estimate of drug-likeness (QED) is 0.865. The molecule has 1 heterocycles. The molecule has 1 aliphatic carbocycles. The van der Waals surface area contributed by atoms with Crippen LogP contribution in [0.4, 0.5) is 13.6 Å². The Morgan fingerprint density at radius 2 is 1.81 bits per heavy atom. The predicted octanol–water partition coefficient (Wildman–Crippen LogP) is 3.56. The summed E-state index contributed by atoms with van der Waals surface area (Å²) in [4.78, 5) is 13.7. The zero-order valence-electron chi connectivity index (χ0n) is 15.9. The molecule has 2 fully saturated rings. The van der Waals surface area contributed by atoms with E-state index in [1.807, 2.05) is 6.92 Å². The first-order valence-electron chi connectivity index (χ1n) is 9.58. The van der Waals surface area contributed by atoms with Gasteiger partial charge < -0.3 is 15.2 Å². The second-order valence-corrected chi connectivity index (χ2v) is 7.70. The van der Waals surface area contributed by atoms with Crippen LogP contribution in [0.25, 0.3) is 0 Å². The predicted molar refractivity (Wildman–Crippen MR) is 97.4 cm³/mol. The second kappa shape index (κ2) is 8.52. The summed E-state index contributed by atoms with van der Waals surface area (Å²) in [6.07, 6.45) is 3.70. The van der Waals surface area contributed by atoms with Crippen molar-refractivity contribution < 1.29 is 23.0 Å². The van der Waals surface area contributed by atoms with Gasteiger partial charge in [-0.2, -0.15) is 0 Å². The number of nitrogens with two attached hydrogens (primary N) is 1. The topological polar surface area (TPSA) is 64.8 Å². The molecule has 2 aliphatic rings. The molecule has 1 amide bonds. The monoisotopic (exact) mass is 382 g/mol. The zero-order chi connectivity index (χ0) is 19.6. The van der Waals surface area contributed by atoms with E-state index in [-0.39, 0.29) is 36.2 Å². The third kappa shape index (κ3) is 4.58. The molecule has 1 aliphatic heterocycles. The van der Waals surface area contributed by atoms with E-state index in [1.54, 1.807) is 4.90 Å². The van der Waals surface area contributed by atoms with Gasteiger partial charge in [0.05, 0.1) is 25.9 Å². The Kier molecular flexibility index (Phi) is 6.32. The van der Waals surface area contributed by atoms with Crippen LogP contribution >= 0.6 is 0 Å². The summed E-state index contributed by atoms with van der Waals surface area (Å²) in [6, 6.07) is 3.44. The van der Waals surface area contributed by atoms with Crippen LogP contribution < -0.4 is 5.73 Å². The highest BCUT2D eigenvalue weighted by Gasteiger charge is 2.41. The molecular weight excluding hydrogens is 354 g/mol. The number of nitrogens with zero attached hydrogens (tertiary/aromatic N) is 1. The highest BCUT2D eigenvalue weighted by molar-refractivity contribution is 5.69. The van der Waals surface area contributed by atoms with Gasteiger partial charge in [-0.15, -0.1) is 0 Å². The SMILES string of the molecule is COC(=O)N1[C@H](C)C[C@H](N)[C@@H]1COC1CCC(c2cc(F)cc(F)c2)CC1. The third-order valence-electron chi connectivity index (χ3n) is 5.86. The molecule has 7 heteroatoms. The summed E-state index contributed by atoms with van der Waals surface area (Å²) in [5, 5.41) is 0. The molecule has 1 saturated heterocycles. The Morgan fingerprint density at radius 3 is 2.41 bits per heavy atom. The van der Waals surface area contributed by atoms with Crippen molar-refractivity contribution in [1.29, 1.82) is 0 Å². The number of rotatable bonds is 4. The molecule has 0 spiro atoms. The molecule has 0 radical (unpaired) electrons. The molecule has 1 aromatic carbocycles. The molecule has 150 valence electrons. The van der Waals surface area contributed by atoms with Gasteiger partial charge in [0.25, 0.3) is 0 Å². The van der Waals surface area contributed by atoms with Gasteiger partial charge in [0.1, 0.15) is 11.6 Å². The minimum atomic E-state index is -0.532. The standard InChI is InChI=1S/C20H28F2N2O3/c1-12-7-18(23)19(24(12)20(25)26-2)11-27-17-5-3-13(4-6-17)14-8-15(21)10-16(22)9-14/h8-10,12-13,17-19H,3-7,11,23H2,1-2H3/t12-,13?,17?,18+,19+/m1/s1. The van der Waals surface area contributed by atoms with Crippen LogP contribution in [0.15, 0.2) is 18.2 Å². The molecule has 0 unspecified atom stereocenters. The molecule has 3 atom stereocenters. The maximum absolute atomic E-state index is 13.4. The lowest BCUT2D eigenvalue weighted by molar-refractivity contribution is -0.00791. The molecule has 0 bridgehead atoms. The number of likely N-dealkylation sites (tertiary alicyclic amines) is 1. The number of amides is 1. The number of carbonyl (C=O) groups is 1. The highest BCUT2D eigenvalue weighted by atomic mass is 19.1. The highest BCUT2D eigenvalue weighted by Crippen LogP contribution is 2.35. The number of hydrogen-bond donors (Lipinski definition) is 1. The van der Waals surface area contributed by atoms with Gasteiger partial charge in [-0.1, -0.05) is 0 Å². The Hall–Kier alpha value is -1.73. The lowest BCUT2D eigenvalue weighted by atomic mass is 9.82. The summed E-state index contributed by atoms with van der Waals surface area (Å²) in [5.74, 6) is -0.915. The normalized spacial score (nSPS) is 31.1. The van der Waals surface area contributed by atoms with Crippen molar-refractivity contribution in [2.24, 2.45) is 5.73 Å². The van der Waals surface area contributed by atoms with Crippen molar-refractivity contribution in [3.8, 4) is 0 Å². The van der Waals surface area contributed by atoms with E-state index in [1.165, 1.54) is 19.2 Å². The van der Waals surface area contributed by atoms with Gasteiger partial charge in [0.2, 0.25) is 0 Å². The summed E-state index contributed by atoms with van der Waals surface area (Å²) >= 11 is 0. The fourth-order valence-corrected chi connectivity index (χ4v) is 4.43. The number of hydrogen-bond acceptors (Lipinski definition) is 4. The minimum Gasteiger partial charge on any atom is -0.453 e. The van der Waals surface area contributed by atoms with Gasteiger partial charge >= 0.3 is 6.09 Å². The lowest BCUT2D eigenvalue weighted by Gasteiger charge is -2.32. The Bertz CT molecular complexity index is 644.